The lowest BCUT2D eigenvalue weighted by atomic mass is 10.1. The van der Waals surface area contributed by atoms with Gasteiger partial charge in [-0.1, -0.05) is 17.3 Å². The van der Waals surface area contributed by atoms with E-state index in [2.05, 4.69) is 15.5 Å². The Morgan fingerprint density at radius 1 is 1.36 bits per heavy atom. The van der Waals surface area contributed by atoms with Crippen LogP contribution in [0.3, 0.4) is 0 Å². The summed E-state index contributed by atoms with van der Waals surface area (Å²) >= 11 is 0. The third kappa shape index (κ3) is 4.00. The summed E-state index contributed by atoms with van der Waals surface area (Å²) in [7, 11) is 1.62. The molecule has 0 saturated heterocycles. The van der Waals surface area contributed by atoms with Crippen molar-refractivity contribution in [2.75, 3.05) is 19.0 Å². The average Bonchev–Trinajstić information content (AvgIpc) is 2.83. The number of guanidine groups is 1. The van der Waals surface area contributed by atoms with E-state index in [1.165, 1.54) is 0 Å². The molecule has 0 atom stereocenters. The molecule has 0 saturated carbocycles. The van der Waals surface area contributed by atoms with E-state index < -0.39 is 0 Å². The Labute approximate surface area is 130 Å². The Morgan fingerprint density at radius 3 is 2.82 bits per heavy atom. The summed E-state index contributed by atoms with van der Waals surface area (Å²) in [4.78, 5) is 4.33. The van der Waals surface area contributed by atoms with Crippen LogP contribution in [0.15, 0.2) is 33.8 Å². The summed E-state index contributed by atoms with van der Waals surface area (Å²) in [6.45, 7) is 4.51. The van der Waals surface area contributed by atoms with E-state index in [0.29, 0.717) is 12.5 Å². The Bertz CT molecular complexity index is 630. The normalized spacial score (nSPS) is 11.5. The number of aromatic nitrogens is 1. The van der Waals surface area contributed by atoms with E-state index in [0.717, 1.165) is 41.3 Å². The Hall–Kier alpha value is -2.50. The van der Waals surface area contributed by atoms with Crippen LogP contribution in [0.1, 0.15) is 23.4 Å². The van der Waals surface area contributed by atoms with Crippen molar-refractivity contribution in [1.82, 2.24) is 5.16 Å². The number of nitrogens with zero attached hydrogens (tertiary/aromatic N) is 2. The quantitative estimate of drug-likeness (QED) is 0.487. The second-order valence-corrected chi connectivity index (χ2v) is 5.00. The molecule has 0 amide bonds. The third-order valence-corrected chi connectivity index (χ3v) is 3.42. The Morgan fingerprint density at radius 2 is 2.14 bits per heavy atom. The zero-order valence-electron chi connectivity index (χ0n) is 13.2. The lowest BCUT2D eigenvalue weighted by Gasteiger charge is -2.10. The molecule has 3 N–H and O–H groups in total. The van der Waals surface area contributed by atoms with E-state index in [1.54, 1.807) is 7.11 Å². The minimum Gasteiger partial charge on any atom is -0.495 e. The molecule has 0 unspecified atom stereocenters. The van der Waals surface area contributed by atoms with Gasteiger partial charge < -0.3 is 20.3 Å². The van der Waals surface area contributed by atoms with Gasteiger partial charge in [-0.25, -0.2) is 0 Å². The maximum absolute atomic E-state index is 5.90. The molecule has 0 fully saturated rings. The lowest BCUT2D eigenvalue weighted by molar-refractivity contribution is 0.392. The summed E-state index contributed by atoms with van der Waals surface area (Å²) in [5, 5.41) is 6.99. The van der Waals surface area contributed by atoms with Crippen molar-refractivity contribution >= 4 is 11.6 Å². The van der Waals surface area contributed by atoms with Crippen molar-refractivity contribution in [1.29, 1.82) is 0 Å². The maximum Gasteiger partial charge on any atom is 0.193 e. The monoisotopic (exact) mass is 302 g/mol. The SMILES string of the molecule is COc1ccccc1NC(N)=NCCCc1c(C)noc1C. The molecule has 22 heavy (non-hydrogen) atoms. The number of aryl methyl sites for hydroxylation is 2. The predicted molar refractivity (Wildman–Crippen MR) is 87.4 cm³/mol. The number of methoxy groups -OCH3 is 1. The van der Waals surface area contributed by atoms with Gasteiger partial charge in [0.2, 0.25) is 0 Å². The van der Waals surface area contributed by atoms with E-state index in [-0.39, 0.29) is 0 Å². The van der Waals surface area contributed by atoms with Crippen LogP contribution < -0.4 is 15.8 Å². The smallest absolute Gasteiger partial charge is 0.193 e. The highest BCUT2D eigenvalue weighted by molar-refractivity contribution is 5.93. The van der Waals surface area contributed by atoms with Crippen LogP contribution in [-0.2, 0) is 6.42 Å². The summed E-state index contributed by atoms with van der Waals surface area (Å²) in [5.74, 6) is 1.99. The number of nitrogens with one attached hydrogen (secondary N) is 1. The van der Waals surface area contributed by atoms with Crippen LogP contribution in [0.5, 0.6) is 5.75 Å². The number of ether oxygens (including phenoxy) is 1. The predicted octanol–water partition coefficient (Wildman–Crippen LogP) is 2.66. The number of rotatable bonds is 6. The minimum absolute atomic E-state index is 0.378. The standard InChI is InChI=1S/C16H22N4O2/c1-11-13(12(2)22-20-11)7-6-10-18-16(17)19-14-8-4-5-9-15(14)21-3/h4-5,8-9H,6-7,10H2,1-3H3,(H3,17,18,19). The third-order valence-electron chi connectivity index (χ3n) is 3.42. The zero-order valence-corrected chi connectivity index (χ0v) is 13.2. The van der Waals surface area contributed by atoms with Gasteiger partial charge in [-0.2, -0.15) is 0 Å². The second-order valence-electron chi connectivity index (χ2n) is 5.00. The summed E-state index contributed by atoms with van der Waals surface area (Å²) in [5.41, 5.74) is 8.81. The molecule has 0 spiro atoms. The minimum atomic E-state index is 0.378. The fourth-order valence-electron chi connectivity index (χ4n) is 2.24. The van der Waals surface area contributed by atoms with Gasteiger partial charge in [0.25, 0.3) is 0 Å². The highest BCUT2D eigenvalue weighted by Gasteiger charge is 2.08. The number of hydrogen-bond donors (Lipinski definition) is 2. The molecule has 118 valence electrons. The molecule has 0 aliphatic heterocycles. The molecule has 1 aromatic heterocycles. The number of benzene rings is 1. The van der Waals surface area contributed by atoms with Gasteiger partial charge in [-0.3, -0.25) is 4.99 Å². The zero-order chi connectivity index (χ0) is 15.9. The molecule has 1 heterocycles. The van der Waals surface area contributed by atoms with E-state index >= 15 is 0 Å². The molecule has 1 aromatic carbocycles. The molecular weight excluding hydrogens is 280 g/mol. The fraction of sp³-hybridized carbons (Fsp3) is 0.375. The van der Waals surface area contributed by atoms with Gasteiger partial charge in [0.05, 0.1) is 18.5 Å². The first-order chi connectivity index (χ1) is 10.6. The molecule has 6 heteroatoms. The Balaban J connectivity index is 1.85. The molecule has 0 aliphatic rings. The molecule has 0 aliphatic carbocycles. The van der Waals surface area contributed by atoms with Gasteiger partial charge in [0.1, 0.15) is 11.5 Å². The topological polar surface area (TPSA) is 85.7 Å². The Kier molecular flexibility index (Phi) is 5.41. The molecule has 2 rings (SSSR count). The number of para-hydroxylation sites is 2. The van der Waals surface area contributed by atoms with Crippen LogP contribution in [0, 0.1) is 13.8 Å². The first kappa shape index (κ1) is 15.9. The van der Waals surface area contributed by atoms with Crippen LogP contribution in [0.25, 0.3) is 0 Å². The molecule has 0 bridgehead atoms. The molecule has 2 aromatic rings. The number of aliphatic imine (C=N–C) groups is 1. The molecule has 6 nitrogen and oxygen atoms in total. The van der Waals surface area contributed by atoms with E-state index in [4.69, 9.17) is 15.0 Å². The average molecular weight is 302 g/mol. The van der Waals surface area contributed by atoms with Gasteiger partial charge in [-0.05, 0) is 38.8 Å². The van der Waals surface area contributed by atoms with Crippen LogP contribution >= 0.6 is 0 Å². The van der Waals surface area contributed by atoms with Gasteiger partial charge in [-0.15, -0.1) is 0 Å². The lowest BCUT2D eigenvalue weighted by Crippen LogP contribution is -2.23. The second kappa shape index (κ2) is 7.49. The largest absolute Gasteiger partial charge is 0.495 e. The highest BCUT2D eigenvalue weighted by Crippen LogP contribution is 2.22. The van der Waals surface area contributed by atoms with Gasteiger partial charge >= 0.3 is 0 Å². The maximum atomic E-state index is 5.90. The fourth-order valence-corrected chi connectivity index (χ4v) is 2.24. The summed E-state index contributed by atoms with van der Waals surface area (Å²) in [6.07, 6.45) is 1.77. The van der Waals surface area contributed by atoms with E-state index in [9.17, 15) is 0 Å². The van der Waals surface area contributed by atoms with Crippen LogP contribution in [0.4, 0.5) is 5.69 Å². The number of anilines is 1. The number of nitrogens with two attached hydrogens (primary N) is 1. The summed E-state index contributed by atoms with van der Waals surface area (Å²) < 4.78 is 10.4. The van der Waals surface area contributed by atoms with Crippen molar-refractivity contribution < 1.29 is 9.26 Å². The van der Waals surface area contributed by atoms with Crippen molar-refractivity contribution in [3.63, 3.8) is 0 Å². The van der Waals surface area contributed by atoms with Gasteiger partial charge in [0.15, 0.2) is 5.96 Å². The van der Waals surface area contributed by atoms with Gasteiger partial charge in [0, 0.05) is 12.1 Å². The van der Waals surface area contributed by atoms with Crippen molar-refractivity contribution in [3.8, 4) is 5.75 Å². The van der Waals surface area contributed by atoms with Crippen molar-refractivity contribution in [2.45, 2.75) is 26.7 Å². The first-order valence-electron chi connectivity index (χ1n) is 7.23. The van der Waals surface area contributed by atoms with Crippen molar-refractivity contribution in [3.05, 3.63) is 41.3 Å². The van der Waals surface area contributed by atoms with E-state index in [1.807, 2.05) is 38.1 Å². The summed E-state index contributed by atoms with van der Waals surface area (Å²) in [6, 6.07) is 7.58. The molecule has 0 radical (unpaired) electrons. The molecular formula is C16H22N4O2. The van der Waals surface area contributed by atoms with Crippen LogP contribution in [-0.4, -0.2) is 24.8 Å². The first-order valence-corrected chi connectivity index (χ1v) is 7.23. The number of hydrogen-bond acceptors (Lipinski definition) is 4. The van der Waals surface area contributed by atoms with Crippen molar-refractivity contribution in [2.24, 2.45) is 10.7 Å². The highest BCUT2D eigenvalue weighted by atomic mass is 16.5. The van der Waals surface area contributed by atoms with Crippen LogP contribution in [0.2, 0.25) is 0 Å².